The molecule has 0 unspecified atom stereocenters. The summed E-state index contributed by atoms with van der Waals surface area (Å²) in [6.07, 6.45) is 0.351. The zero-order valence-electron chi connectivity index (χ0n) is 8.84. The molecule has 0 aliphatic rings. The number of aliphatic hydroxyl groups is 2. The Morgan fingerprint density at radius 2 is 1.93 bits per heavy atom. The number of amides is 1. The first kappa shape index (κ1) is 13.4. The Morgan fingerprint density at radius 1 is 1.36 bits per heavy atom. The second-order valence-corrected chi connectivity index (χ2v) is 3.51. The van der Waals surface area contributed by atoms with E-state index < -0.39 is 5.54 Å². The van der Waals surface area contributed by atoms with E-state index in [4.69, 9.17) is 10.2 Å². The van der Waals surface area contributed by atoms with Crippen molar-refractivity contribution in [3.05, 3.63) is 0 Å². The highest BCUT2D eigenvalue weighted by atomic mass is 16.3. The van der Waals surface area contributed by atoms with Gasteiger partial charge in [0.15, 0.2) is 0 Å². The lowest BCUT2D eigenvalue weighted by molar-refractivity contribution is -0.121. The zero-order chi connectivity index (χ0) is 11.0. The van der Waals surface area contributed by atoms with E-state index in [1.165, 1.54) is 0 Å². The summed E-state index contributed by atoms with van der Waals surface area (Å²) in [6.45, 7) is 4.32. The maximum Gasteiger partial charge on any atom is 0.221 e. The minimum Gasteiger partial charge on any atom is -0.394 e. The van der Waals surface area contributed by atoms with Gasteiger partial charge < -0.3 is 20.8 Å². The molecular weight excluding hydrogens is 184 g/mol. The highest BCUT2D eigenvalue weighted by Crippen LogP contribution is 1.99. The van der Waals surface area contributed by atoms with Crippen molar-refractivity contribution in [1.82, 2.24) is 10.6 Å². The Balaban J connectivity index is 3.66. The number of nitrogens with one attached hydrogen (secondary N) is 2. The van der Waals surface area contributed by atoms with E-state index in [0.29, 0.717) is 19.5 Å². The number of rotatable bonds is 7. The second kappa shape index (κ2) is 6.75. The Hall–Kier alpha value is -0.650. The topological polar surface area (TPSA) is 81.6 Å². The average molecular weight is 204 g/mol. The van der Waals surface area contributed by atoms with Gasteiger partial charge in [0, 0.05) is 19.5 Å². The SMILES string of the molecule is CCNC(=O)CCNC(C)(CO)CO. The van der Waals surface area contributed by atoms with Gasteiger partial charge in [-0.25, -0.2) is 0 Å². The summed E-state index contributed by atoms with van der Waals surface area (Å²) in [5, 5.41) is 23.4. The Bertz CT molecular complexity index is 169. The van der Waals surface area contributed by atoms with Crippen LogP contribution in [0.2, 0.25) is 0 Å². The Kier molecular flexibility index (Phi) is 6.44. The van der Waals surface area contributed by atoms with Crippen molar-refractivity contribution in [3.8, 4) is 0 Å². The van der Waals surface area contributed by atoms with Crippen LogP contribution < -0.4 is 10.6 Å². The molecule has 0 aliphatic carbocycles. The summed E-state index contributed by atoms with van der Waals surface area (Å²) in [6, 6.07) is 0. The second-order valence-electron chi connectivity index (χ2n) is 3.51. The molecule has 84 valence electrons. The third kappa shape index (κ3) is 5.16. The van der Waals surface area contributed by atoms with E-state index in [2.05, 4.69) is 10.6 Å². The molecule has 0 radical (unpaired) electrons. The van der Waals surface area contributed by atoms with Gasteiger partial charge >= 0.3 is 0 Å². The fraction of sp³-hybridized carbons (Fsp3) is 0.889. The predicted molar refractivity (Wildman–Crippen MR) is 53.9 cm³/mol. The van der Waals surface area contributed by atoms with Gasteiger partial charge in [-0.15, -0.1) is 0 Å². The first-order valence-electron chi connectivity index (χ1n) is 4.81. The van der Waals surface area contributed by atoms with Gasteiger partial charge in [-0.1, -0.05) is 0 Å². The molecule has 0 spiro atoms. The molecule has 14 heavy (non-hydrogen) atoms. The summed E-state index contributed by atoms with van der Waals surface area (Å²) in [5.74, 6) is -0.0294. The number of hydrogen-bond acceptors (Lipinski definition) is 4. The van der Waals surface area contributed by atoms with Crippen LogP contribution in [0.3, 0.4) is 0 Å². The zero-order valence-corrected chi connectivity index (χ0v) is 8.84. The predicted octanol–water partition coefficient (Wildman–Crippen LogP) is -1.15. The van der Waals surface area contributed by atoms with Crippen LogP contribution in [-0.4, -0.2) is 48.0 Å². The van der Waals surface area contributed by atoms with Crippen LogP contribution in [0.25, 0.3) is 0 Å². The number of hydrogen-bond donors (Lipinski definition) is 4. The maximum absolute atomic E-state index is 11.0. The van der Waals surface area contributed by atoms with Crippen molar-refractivity contribution in [3.63, 3.8) is 0 Å². The van der Waals surface area contributed by atoms with E-state index in [1.54, 1.807) is 6.92 Å². The molecule has 0 saturated heterocycles. The van der Waals surface area contributed by atoms with E-state index in [-0.39, 0.29) is 19.1 Å². The molecular formula is C9H20N2O3. The number of aliphatic hydroxyl groups excluding tert-OH is 2. The van der Waals surface area contributed by atoms with Crippen molar-refractivity contribution in [1.29, 1.82) is 0 Å². The van der Waals surface area contributed by atoms with Crippen LogP contribution in [0, 0.1) is 0 Å². The third-order valence-electron chi connectivity index (χ3n) is 1.98. The van der Waals surface area contributed by atoms with Gasteiger partial charge in [0.05, 0.1) is 18.8 Å². The molecule has 0 aromatic carbocycles. The summed E-state index contributed by atoms with van der Waals surface area (Å²) < 4.78 is 0. The highest BCUT2D eigenvalue weighted by molar-refractivity contribution is 5.75. The van der Waals surface area contributed by atoms with Crippen LogP contribution in [0.5, 0.6) is 0 Å². The molecule has 0 aromatic heterocycles. The summed E-state index contributed by atoms with van der Waals surface area (Å²) >= 11 is 0. The summed E-state index contributed by atoms with van der Waals surface area (Å²) in [7, 11) is 0. The molecule has 0 aromatic rings. The van der Waals surface area contributed by atoms with Crippen LogP contribution in [0.15, 0.2) is 0 Å². The quantitative estimate of drug-likeness (QED) is 0.422. The molecule has 0 heterocycles. The molecule has 0 bridgehead atoms. The third-order valence-corrected chi connectivity index (χ3v) is 1.98. The van der Waals surface area contributed by atoms with Gasteiger partial charge in [0.1, 0.15) is 0 Å². The van der Waals surface area contributed by atoms with E-state index >= 15 is 0 Å². The minimum atomic E-state index is -0.702. The lowest BCUT2D eigenvalue weighted by Gasteiger charge is -2.26. The van der Waals surface area contributed by atoms with Crippen LogP contribution in [0.4, 0.5) is 0 Å². The summed E-state index contributed by atoms with van der Waals surface area (Å²) in [4.78, 5) is 11.0. The largest absolute Gasteiger partial charge is 0.394 e. The molecule has 0 saturated carbocycles. The highest BCUT2D eigenvalue weighted by Gasteiger charge is 2.20. The van der Waals surface area contributed by atoms with E-state index in [1.807, 2.05) is 6.92 Å². The van der Waals surface area contributed by atoms with Gasteiger partial charge in [-0.05, 0) is 13.8 Å². The Labute approximate surface area is 84.5 Å². The molecule has 4 N–H and O–H groups in total. The molecule has 5 nitrogen and oxygen atoms in total. The molecule has 1 amide bonds. The monoisotopic (exact) mass is 204 g/mol. The van der Waals surface area contributed by atoms with E-state index in [9.17, 15) is 4.79 Å². The van der Waals surface area contributed by atoms with Crippen molar-refractivity contribution in [2.24, 2.45) is 0 Å². The number of carbonyl (C=O) groups excluding carboxylic acids is 1. The van der Waals surface area contributed by atoms with Gasteiger partial charge in [-0.2, -0.15) is 0 Å². The Morgan fingerprint density at radius 3 is 2.36 bits per heavy atom. The maximum atomic E-state index is 11.0. The standard InChI is InChI=1S/C9H20N2O3/c1-3-10-8(14)4-5-11-9(2,6-12)7-13/h11-13H,3-7H2,1-2H3,(H,10,14). The molecule has 5 heteroatoms. The molecule has 0 fully saturated rings. The van der Waals surface area contributed by atoms with Gasteiger partial charge in [0.2, 0.25) is 5.91 Å². The van der Waals surface area contributed by atoms with Crippen molar-refractivity contribution >= 4 is 5.91 Å². The van der Waals surface area contributed by atoms with Gasteiger partial charge in [0.25, 0.3) is 0 Å². The number of carbonyl (C=O) groups is 1. The van der Waals surface area contributed by atoms with Crippen LogP contribution in [-0.2, 0) is 4.79 Å². The smallest absolute Gasteiger partial charge is 0.221 e. The lowest BCUT2D eigenvalue weighted by atomic mass is 10.1. The van der Waals surface area contributed by atoms with E-state index in [0.717, 1.165) is 0 Å². The molecule has 0 aliphatic heterocycles. The minimum absolute atomic E-state index is 0.0294. The van der Waals surface area contributed by atoms with Crippen molar-refractivity contribution in [2.75, 3.05) is 26.3 Å². The molecule has 0 rings (SSSR count). The normalized spacial score (nSPS) is 11.4. The van der Waals surface area contributed by atoms with Crippen molar-refractivity contribution < 1.29 is 15.0 Å². The fourth-order valence-electron chi connectivity index (χ4n) is 0.925. The van der Waals surface area contributed by atoms with Crippen molar-refractivity contribution in [2.45, 2.75) is 25.8 Å². The van der Waals surface area contributed by atoms with Crippen LogP contribution in [0.1, 0.15) is 20.3 Å². The van der Waals surface area contributed by atoms with Gasteiger partial charge in [-0.3, -0.25) is 4.79 Å². The first-order valence-corrected chi connectivity index (χ1v) is 4.81. The lowest BCUT2D eigenvalue weighted by Crippen LogP contribution is -2.49. The fourth-order valence-corrected chi connectivity index (χ4v) is 0.925. The summed E-state index contributed by atoms with van der Waals surface area (Å²) in [5.41, 5.74) is -0.702. The van der Waals surface area contributed by atoms with Crippen LogP contribution >= 0.6 is 0 Å². The molecule has 0 atom stereocenters. The first-order chi connectivity index (χ1) is 6.58. The average Bonchev–Trinajstić information content (AvgIpc) is 2.18.